The Balaban J connectivity index is 1.94. The summed E-state index contributed by atoms with van der Waals surface area (Å²) in [6.45, 7) is 10.4. The quantitative estimate of drug-likeness (QED) is 0.159. The fourth-order valence-electron chi connectivity index (χ4n) is 3.81. The fraction of sp³-hybridized carbons (Fsp3) is 0.286. The first-order valence-corrected chi connectivity index (χ1v) is 11.1. The Morgan fingerprint density at radius 3 is 2.12 bits per heavy atom. The smallest absolute Gasteiger partial charge is 0.344 e. The predicted molar refractivity (Wildman–Crippen MR) is 129 cm³/mol. The Morgan fingerprint density at radius 2 is 1.50 bits per heavy atom. The number of fused-ring (bicyclic) bond motifs is 3. The van der Waals surface area contributed by atoms with Gasteiger partial charge in [-0.15, -0.1) is 0 Å². The van der Waals surface area contributed by atoms with Gasteiger partial charge in [0.05, 0.1) is 10.9 Å². The van der Waals surface area contributed by atoms with Crippen LogP contribution in [-0.4, -0.2) is 5.97 Å². The van der Waals surface area contributed by atoms with Gasteiger partial charge in [-0.3, -0.25) is 0 Å². The van der Waals surface area contributed by atoms with Crippen LogP contribution in [0.15, 0.2) is 63.8 Å². The number of ether oxygens (including phenoxy) is 1. The van der Waals surface area contributed by atoms with Crippen LogP contribution < -0.4 is 10.4 Å². The molecule has 0 saturated carbocycles. The summed E-state index contributed by atoms with van der Waals surface area (Å²) in [6.07, 6.45) is 1.75. The molecule has 0 aliphatic carbocycles. The second-order valence-electron chi connectivity index (χ2n) is 9.16. The van der Waals surface area contributed by atoms with E-state index in [0.29, 0.717) is 16.5 Å². The summed E-state index contributed by atoms with van der Waals surface area (Å²) in [5.74, 6) is -0.219. The molecule has 0 fully saturated rings. The summed E-state index contributed by atoms with van der Waals surface area (Å²) in [7, 11) is 0. The van der Waals surface area contributed by atoms with Gasteiger partial charge in [-0.1, -0.05) is 58.9 Å². The second kappa shape index (κ2) is 8.27. The van der Waals surface area contributed by atoms with Crippen LogP contribution in [0.25, 0.3) is 21.7 Å². The van der Waals surface area contributed by atoms with Gasteiger partial charge in [-0.25, -0.2) is 9.59 Å². The monoisotopic (exact) mass is 428 g/mol. The highest BCUT2D eigenvalue weighted by Crippen LogP contribution is 2.36. The van der Waals surface area contributed by atoms with Gasteiger partial charge in [0, 0.05) is 10.8 Å². The van der Waals surface area contributed by atoms with E-state index >= 15 is 0 Å². The number of hydrogen-bond acceptors (Lipinski definition) is 4. The Kier molecular flexibility index (Phi) is 5.64. The molecule has 0 aliphatic rings. The zero-order valence-electron chi connectivity index (χ0n) is 19.2. The van der Waals surface area contributed by atoms with E-state index in [1.54, 1.807) is 18.2 Å². The number of benzene rings is 3. The fourth-order valence-corrected chi connectivity index (χ4v) is 3.81. The van der Waals surface area contributed by atoms with Gasteiger partial charge in [0.15, 0.2) is 11.3 Å². The first-order chi connectivity index (χ1) is 15.2. The Morgan fingerprint density at radius 1 is 0.844 bits per heavy atom. The van der Waals surface area contributed by atoms with Crippen LogP contribution >= 0.6 is 0 Å². The first kappa shape index (κ1) is 21.8. The summed E-state index contributed by atoms with van der Waals surface area (Å²) in [4.78, 5) is 25.7. The van der Waals surface area contributed by atoms with Crippen LogP contribution in [0.5, 0.6) is 5.75 Å². The lowest BCUT2D eigenvalue weighted by Crippen LogP contribution is -2.14. The molecule has 1 aromatic heterocycles. The maximum Gasteiger partial charge on any atom is 0.344 e. The summed E-state index contributed by atoms with van der Waals surface area (Å²) < 4.78 is 11.5. The van der Waals surface area contributed by atoms with Crippen molar-refractivity contribution in [2.75, 3.05) is 0 Å². The van der Waals surface area contributed by atoms with Crippen molar-refractivity contribution in [3.05, 3.63) is 87.3 Å². The lowest BCUT2D eigenvalue weighted by Gasteiger charge is -2.21. The third-order valence-corrected chi connectivity index (χ3v) is 5.92. The van der Waals surface area contributed by atoms with Gasteiger partial charge >= 0.3 is 11.6 Å². The van der Waals surface area contributed by atoms with Crippen molar-refractivity contribution in [2.45, 2.75) is 52.9 Å². The average molecular weight is 429 g/mol. The highest BCUT2D eigenvalue weighted by atomic mass is 16.5. The van der Waals surface area contributed by atoms with Gasteiger partial charge in [0.1, 0.15) is 0 Å². The molecule has 0 atom stereocenters. The van der Waals surface area contributed by atoms with Gasteiger partial charge in [-0.05, 0) is 65.3 Å². The van der Waals surface area contributed by atoms with Gasteiger partial charge in [0.25, 0.3) is 0 Å². The minimum atomic E-state index is -0.481. The van der Waals surface area contributed by atoms with Crippen LogP contribution in [-0.2, 0) is 18.3 Å². The van der Waals surface area contributed by atoms with Crippen LogP contribution in [0.1, 0.15) is 61.7 Å². The van der Waals surface area contributed by atoms with E-state index in [2.05, 4.69) is 34.6 Å². The van der Waals surface area contributed by atoms with Crippen LogP contribution in [0.4, 0.5) is 0 Å². The number of aryl methyl sites for hydroxylation is 2. The molecule has 32 heavy (non-hydrogen) atoms. The molecular formula is C28H28O4. The number of hydrogen-bond donors (Lipinski definition) is 0. The Hall–Kier alpha value is -3.40. The van der Waals surface area contributed by atoms with E-state index < -0.39 is 11.6 Å². The molecule has 0 spiro atoms. The van der Waals surface area contributed by atoms with Gasteiger partial charge < -0.3 is 9.15 Å². The van der Waals surface area contributed by atoms with E-state index in [-0.39, 0.29) is 11.2 Å². The first-order valence-electron chi connectivity index (χ1n) is 11.1. The van der Waals surface area contributed by atoms with E-state index in [4.69, 9.17) is 9.15 Å². The minimum Gasteiger partial charge on any atom is -0.419 e. The molecule has 0 radical (unpaired) electrons. The highest BCUT2D eigenvalue weighted by molar-refractivity contribution is 6.07. The third kappa shape index (κ3) is 4.05. The molecule has 0 unspecified atom stereocenters. The van der Waals surface area contributed by atoms with Crippen LogP contribution in [0.2, 0.25) is 0 Å². The summed E-state index contributed by atoms with van der Waals surface area (Å²) >= 11 is 0. The zero-order chi connectivity index (χ0) is 23.0. The molecule has 0 saturated heterocycles. The zero-order valence-corrected chi connectivity index (χ0v) is 19.2. The lowest BCUT2D eigenvalue weighted by atomic mass is 9.85. The van der Waals surface area contributed by atoms with Crippen LogP contribution in [0.3, 0.4) is 0 Å². The maximum absolute atomic E-state index is 12.9. The molecule has 164 valence electrons. The average Bonchev–Trinajstić information content (AvgIpc) is 2.78. The molecule has 0 amide bonds. The van der Waals surface area contributed by atoms with Crippen molar-refractivity contribution in [3.63, 3.8) is 0 Å². The number of esters is 1. The molecule has 1 heterocycles. The second-order valence-corrected chi connectivity index (χ2v) is 9.16. The number of carbonyl (C=O) groups is 1. The number of rotatable bonds is 4. The molecule has 4 rings (SSSR count). The molecule has 4 nitrogen and oxygen atoms in total. The molecule has 0 N–H and O–H groups in total. The van der Waals surface area contributed by atoms with E-state index in [1.165, 1.54) is 0 Å². The lowest BCUT2D eigenvalue weighted by molar-refractivity contribution is 0.0735. The SMILES string of the molecule is CCc1ccc(C(=O)Oc2cc(C(C)(C)C)cc3c2oc(=O)c2ccc(CC)cc23)cc1. The molecule has 0 bridgehead atoms. The Labute approximate surface area is 187 Å². The third-order valence-electron chi connectivity index (χ3n) is 5.92. The molecule has 3 aromatic carbocycles. The molecule has 0 aliphatic heterocycles. The molecule has 4 aromatic rings. The van der Waals surface area contributed by atoms with E-state index in [9.17, 15) is 9.59 Å². The Bertz CT molecular complexity index is 1370. The largest absolute Gasteiger partial charge is 0.419 e. The van der Waals surface area contributed by atoms with Crippen molar-refractivity contribution < 1.29 is 13.9 Å². The van der Waals surface area contributed by atoms with Crippen molar-refractivity contribution in [1.29, 1.82) is 0 Å². The van der Waals surface area contributed by atoms with Crippen molar-refractivity contribution in [1.82, 2.24) is 0 Å². The highest BCUT2D eigenvalue weighted by Gasteiger charge is 2.22. The van der Waals surface area contributed by atoms with Crippen molar-refractivity contribution >= 4 is 27.7 Å². The standard InChI is InChI=1S/C28H28O4/c1-6-17-8-11-19(12-9-17)26(29)31-24-16-20(28(3,4)5)15-23-22-14-18(7-2)10-13-21(22)27(30)32-25(23)24/h8-16H,6-7H2,1-5H3. The van der Waals surface area contributed by atoms with Crippen molar-refractivity contribution in [2.24, 2.45) is 0 Å². The molecule has 4 heteroatoms. The van der Waals surface area contributed by atoms with E-state index in [0.717, 1.165) is 40.3 Å². The van der Waals surface area contributed by atoms with E-state index in [1.807, 2.05) is 36.4 Å². The number of carbonyl (C=O) groups excluding carboxylic acids is 1. The van der Waals surface area contributed by atoms with Crippen molar-refractivity contribution in [3.8, 4) is 5.75 Å². The maximum atomic E-state index is 12.9. The minimum absolute atomic E-state index is 0.192. The van der Waals surface area contributed by atoms with Crippen LogP contribution in [0, 0.1) is 0 Å². The predicted octanol–water partition coefficient (Wildman–Crippen LogP) is 6.59. The summed E-state index contributed by atoms with van der Waals surface area (Å²) in [5.41, 5.74) is 3.37. The van der Waals surface area contributed by atoms with Gasteiger partial charge in [-0.2, -0.15) is 0 Å². The summed E-state index contributed by atoms with van der Waals surface area (Å²) in [5, 5.41) is 2.10. The summed E-state index contributed by atoms with van der Waals surface area (Å²) in [6, 6.07) is 17.0. The normalized spacial score (nSPS) is 11.8. The molecular weight excluding hydrogens is 400 g/mol. The van der Waals surface area contributed by atoms with Gasteiger partial charge in [0.2, 0.25) is 0 Å². The topological polar surface area (TPSA) is 56.5 Å².